The number of nitrogens with one attached hydrogen (secondary N) is 2. The summed E-state index contributed by atoms with van der Waals surface area (Å²) < 4.78 is 51.7. The third-order valence-corrected chi connectivity index (χ3v) is 3.67. The Hall–Kier alpha value is -3.30. The number of halogens is 3. The number of amides is 1. The number of alkyl halides is 3. The van der Waals surface area contributed by atoms with Crippen molar-refractivity contribution in [2.24, 2.45) is 0 Å². The van der Waals surface area contributed by atoms with Crippen molar-refractivity contribution in [2.45, 2.75) is 25.7 Å². The van der Waals surface area contributed by atoms with Crippen molar-refractivity contribution in [2.75, 3.05) is 18.5 Å². The first-order valence-corrected chi connectivity index (χ1v) is 8.61. The average Bonchev–Trinajstić information content (AvgIpc) is 2.67. The summed E-state index contributed by atoms with van der Waals surface area (Å²) in [6, 6.07) is 10.8. The van der Waals surface area contributed by atoms with E-state index in [0.29, 0.717) is 5.56 Å². The second kappa shape index (κ2) is 9.26. The van der Waals surface area contributed by atoms with Crippen LogP contribution in [0.15, 0.2) is 48.7 Å². The number of carbonyl (C=O) groups excluding carboxylic acids is 2. The van der Waals surface area contributed by atoms with E-state index in [1.807, 2.05) is 5.32 Å². The molecular weight excluding hydrogens is 391 g/mol. The highest BCUT2D eigenvalue weighted by molar-refractivity contribution is 5.91. The minimum atomic E-state index is -5.24. The first-order valence-electron chi connectivity index (χ1n) is 8.61. The lowest BCUT2D eigenvalue weighted by Crippen LogP contribution is -2.70. The van der Waals surface area contributed by atoms with Crippen LogP contribution in [0.5, 0.6) is 5.75 Å². The van der Waals surface area contributed by atoms with Crippen molar-refractivity contribution in [1.29, 1.82) is 0 Å². The summed E-state index contributed by atoms with van der Waals surface area (Å²) >= 11 is 0. The van der Waals surface area contributed by atoms with E-state index in [4.69, 9.17) is 4.74 Å². The fraction of sp³-hybridized carbons (Fsp3) is 0.316. The standard InChI is InChI=1S/C19H20F3N3O4/c1-3-28-17(27)18(19(20,21)22,24-15-10-9-13(2)11-23-15)25-16(26)12-29-14-7-5-4-6-8-14/h4-11H,3,12H2,1-2H3,(H,23,24)(H,25,26). The SMILES string of the molecule is CCOC(=O)C(NC(=O)COc1ccccc1)(Nc1ccc(C)cn1)C(F)(F)F. The van der Waals surface area contributed by atoms with Crippen LogP contribution in [0.2, 0.25) is 0 Å². The molecule has 1 unspecified atom stereocenters. The molecule has 7 nitrogen and oxygen atoms in total. The van der Waals surface area contributed by atoms with E-state index in [1.54, 1.807) is 30.4 Å². The van der Waals surface area contributed by atoms with Crippen molar-refractivity contribution in [3.63, 3.8) is 0 Å². The Labute approximate surface area is 165 Å². The summed E-state index contributed by atoms with van der Waals surface area (Å²) in [6.07, 6.45) is -3.93. The van der Waals surface area contributed by atoms with Crippen molar-refractivity contribution in [1.82, 2.24) is 10.3 Å². The number of esters is 1. The quantitative estimate of drug-likeness (QED) is 0.513. The van der Waals surface area contributed by atoms with Gasteiger partial charge in [0, 0.05) is 6.20 Å². The van der Waals surface area contributed by atoms with E-state index in [-0.39, 0.29) is 18.2 Å². The molecule has 10 heteroatoms. The van der Waals surface area contributed by atoms with E-state index in [9.17, 15) is 22.8 Å². The van der Waals surface area contributed by atoms with Crippen LogP contribution in [-0.4, -0.2) is 41.9 Å². The molecule has 156 valence electrons. The van der Waals surface area contributed by atoms with E-state index in [1.165, 1.54) is 37.4 Å². The van der Waals surface area contributed by atoms with E-state index < -0.39 is 30.3 Å². The molecule has 1 atom stereocenters. The molecule has 0 aliphatic carbocycles. The highest BCUT2D eigenvalue weighted by atomic mass is 19.4. The van der Waals surface area contributed by atoms with Gasteiger partial charge in [-0.05, 0) is 37.6 Å². The number of hydrogen-bond donors (Lipinski definition) is 2. The Morgan fingerprint density at radius 3 is 2.34 bits per heavy atom. The third-order valence-electron chi connectivity index (χ3n) is 3.67. The number of carbonyl (C=O) groups is 2. The first kappa shape index (κ1) is 22.0. The maximum Gasteiger partial charge on any atom is 0.441 e. The molecule has 0 aliphatic rings. The number of anilines is 1. The van der Waals surface area contributed by atoms with Gasteiger partial charge in [-0.2, -0.15) is 13.2 Å². The molecule has 2 aromatic rings. The predicted molar refractivity (Wildman–Crippen MR) is 98.1 cm³/mol. The van der Waals surface area contributed by atoms with Gasteiger partial charge in [-0.1, -0.05) is 24.3 Å². The number of pyridine rings is 1. The van der Waals surface area contributed by atoms with Crippen LogP contribution < -0.4 is 15.4 Å². The number of rotatable bonds is 8. The molecule has 2 rings (SSSR count). The molecule has 1 heterocycles. The predicted octanol–water partition coefficient (Wildman–Crippen LogP) is 2.82. The summed E-state index contributed by atoms with van der Waals surface area (Å²) in [4.78, 5) is 28.4. The molecular formula is C19H20F3N3O4. The van der Waals surface area contributed by atoms with Crippen LogP contribution in [0.25, 0.3) is 0 Å². The van der Waals surface area contributed by atoms with Gasteiger partial charge in [-0.25, -0.2) is 9.78 Å². The van der Waals surface area contributed by atoms with Crippen molar-refractivity contribution >= 4 is 17.7 Å². The fourth-order valence-corrected chi connectivity index (χ4v) is 2.27. The van der Waals surface area contributed by atoms with Gasteiger partial charge in [-0.15, -0.1) is 0 Å². The lowest BCUT2D eigenvalue weighted by Gasteiger charge is -2.34. The molecule has 1 aromatic heterocycles. The Morgan fingerprint density at radius 1 is 1.10 bits per heavy atom. The molecule has 2 N–H and O–H groups in total. The summed E-state index contributed by atoms with van der Waals surface area (Å²) in [6.45, 7) is 1.98. The Balaban J connectivity index is 2.29. The van der Waals surface area contributed by atoms with Gasteiger partial charge >= 0.3 is 17.8 Å². The maximum absolute atomic E-state index is 14.0. The average molecular weight is 411 g/mol. The van der Waals surface area contributed by atoms with Gasteiger partial charge in [0.1, 0.15) is 11.6 Å². The zero-order chi connectivity index (χ0) is 21.5. The molecule has 1 aromatic carbocycles. The Morgan fingerprint density at radius 2 is 1.79 bits per heavy atom. The topological polar surface area (TPSA) is 89.5 Å². The highest BCUT2D eigenvalue weighted by Gasteiger charge is 2.63. The zero-order valence-electron chi connectivity index (χ0n) is 15.7. The largest absolute Gasteiger partial charge is 0.484 e. The Kier molecular flexibility index (Phi) is 7.03. The molecule has 29 heavy (non-hydrogen) atoms. The second-order valence-corrected chi connectivity index (χ2v) is 5.96. The van der Waals surface area contributed by atoms with Gasteiger partial charge in [0.05, 0.1) is 6.61 Å². The monoisotopic (exact) mass is 411 g/mol. The van der Waals surface area contributed by atoms with Crippen LogP contribution in [0.3, 0.4) is 0 Å². The fourth-order valence-electron chi connectivity index (χ4n) is 2.27. The molecule has 0 radical (unpaired) electrons. The Bertz CT molecular complexity index is 829. The van der Waals surface area contributed by atoms with Gasteiger partial charge in [-0.3, -0.25) is 4.79 Å². The number of benzene rings is 1. The smallest absolute Gasteiger partial charge is 0.441 e. The molecule has 0 fully saturated rings. The van der Waals surface area contributed by atoms with Gasteiger partial charge in [0.2, 0.25) is 0 Å². The molecule has 0 bridgehead atoms. The lowest BCUT2D eigenvalue weighted by atomic mass is 10.1. The molecule has 1 amide bonds. The highest BCUT2D eigenvalue weighted by Crippen LogP contribution is 2.32. The third kappa shape index (κ3) is 5.59. The van der Waals surface area contributed by atoms with Crippen LogP contribution in [0.4, 0.5) is 19.0 Å². The second-order valence-electron chi connectivity index (χ2n) is 5.96. The molecule has 0 spiro atoms. The number of hydrogen-bond acceptors (Lipinski definition) is 6. The van der Waals surface area contributed by atoms with E-state index >= 15 is 0 Å². The van der Waals surface area contributed by atoms with Crippen molar-refractivity contribution in [3.8, 4) is 5.75 Å². The summed E-state index contributed by atoms with van der Waals surface area (Å²) in [5.74, 6) is -2.89. The molecule has 0 saturated carbocycles. The van der Waals surface area contributed by atoms with E-state index in [0.717, 1.165) is 0 Å². The van der Waals surface area contributed by atoms with Gasteiger partial charge in [0.15, 0.2) is 6.61 Å². The minimum Gasteiger partial charge on any atom is -0.484 e. The van der Waals surface area contributed by atoms with Crippen LogP contribution >= 0.6 is 0 Å². The lowest BCUT2D eigenvalue weighted by molar-refractivity contribution is -0.208. The maximum atomic E-state index is 14.0. The minimum absolute atomic E-state index is 0.273. The number of para-hydroxylation sites is 1. The number of aromatic nitrogens is 1. The van der Waals surface area contributed by atoms with Crippen molar-refractivity contribution < 1.29 is 32.2 Å². The summed E-state index contributed by atoms with van der Waals surface area (Å²) in [5.41, 5.74) is -2.84. The summed E-state index contributed by atoms with van der Waals surface area (Å²) in [7, 11) is 0. The van der Waals surface area contributed by atoms with Crippen LogP contribution in [0, 0.1) is 6.92 Å². The number of ether oxygens (including phenoxy) is 2. The summed E-state index contributed by atoms with van der Waals surface area (Å²) in [5, 5.41) is 3.65. The first-order chi connectivity index (χ1) is 13.7. The molecule has 0 saturated heterocycles. The van der Waals surface area contributed by atoms with Crippen LogP contribution in [-0.2, 0) is 14.3 Å². The normalized spacial score (nSPS) is 13.1. The van der Waals surface area contributed by atoms with Gasteiger partial charge < -0.3 is 20.1 Å². The van der Waals surface area contributed by atoms with Crippen LogP contribution in [0.1, 0.15) is 12.5 Å². The zero-order valence-corrected chi connectivity index (χ0v) is 15.7. The van der Waals surface area contributed by atoms with Gasteiger partial charge in [0.25, 0.3) is 5.91 Å². The van der Waals surface area contributed by atoms with Crippen molar-refractivity contribution in [3.05, 3.63) is 54.2 Å². The molecule has 0 aliphatic heterocycles. The number of nitrogens with zero attached hydrogens (tertiary/aromatic N) is 1. The van der Waals surface area contributed by atoms with E-state index in [2.05, 4.69) is 9.72 Å². The number of aryl methyl sites for hydroxylation is 1.